The van der Waals surface area contributed by atoms with E-state index in [0.29, 0.717) is 5.92 Å². The van der Waals surface area contributed by atoms with Gasteiger partial charge < -0.3 is 5.32 Å². The summed E-state index contributed by atoms with van der Waals surface area (Å²) in [5.41, 5.74) is 2.64. The highest BCUT2D eigenvalue weighted by Gasteiger charge is 2.17. The molecule has 0 saturated carbocycles. The maximum atomic E-state index is 12.0. The molecule has 0 aliphatic carbocycles. The number of hydrogen-bond donors (Lipinski definition) is 1. The van der Waals surface area contributed by atoms with Gasteiger partial charge in [0.25, 0.3) is 0 Å². The van der Waals surface area contributed by atoms with Gasteiger partial charge in [-0.25, -0.2) is 0 Å². The van der Waals surface area contributed by atoms with E-state index in [1.807, 2.05) is 20.8 Å². The maximum absolute atomic E-state index is 12.0. The molecule has 4 nitrogen and oxygen atoms in total. The van der Waals surface area contributed by atoms with Crippen LogP contribution in [0.3, 0.4) is 0 Å². The minimum Gasteiger partial charge on any atom is -0.353 e. The molecular weight excluding hydrogens is 370 g/mol. The molecule has 7 heteroatoms. The molecule has 1 aromatic carbocycles. The number of nitrogens with one attached hydrogen (secondary N) is 1. The van der Waals surface area contributed by atoms with Gasteiger partial charge in [0.05, 0.1) is 5.25 Å². The molecule has 1 atom stereocenters. The van der Waals surface area contributed by atoms with E-state index in [-0.39, 0.29) is 17.2 Å². The average Bonchev–Trinajstić information content (AvgIpc) is 3.00. The highest BCUT2D eigenvalue weighted by molar-refractivity contribution is 8.03. The van der Waals surface area contributed by atoms with Crippen LogP contribution in [0, 0.1) is 0 Å². The fraction of sp³-hybridized carbons (Fsp3) is 0.500. The van der Waals surface area contributed by atoms with Crippen molar-refractivity contribution in [3.8, 4) is 0 Å². The fourth-order valence-electron chi connectivity index (χ4n) is 2.05. The summed E-state index contributed by atoms with van der Waals surface area (Å²) in [6.07, 6.45) is 0. The Morgan fingerprint density at radius 1 is 1.08 bits per heavy atom. The van der Waals surface area contributed by atoms with E-state index in [0.717, 1.165) is 14.4 Å². The summed E-state index contributed by atoms with van der Waals surface area (Å²) in [5, 5.41) is 11.2. The van der Waals surface area contributed by atoms with Crippen LogP contribution >= 0.6 is 34.9 Å². The lowest BCUT2D eigenvalue weighted by atomic mass is 10.0. The maximum Gasteiger partial charge on any atom is 0.233 e. The number of amides is 1. The first-order chi connectivity index (χ1) is 11.8. The molecule has 2 rings (SSSR count). The largest absolute Gasteiger partial charge is 0.353 e. The Hall–Kier alpha value is -1.05. The van der Waals surface area contributed by atoms with Crippen molar-refractivity contribution in [2.24, 2.45) is 0 Å². The summed E-state index contributed by atoms with van der Waals surface area (Å²) in [6, 6.07) is 8.89. The first-order valence-corrected chi connectivity index (χ1v) is 11.1. The molecular formula is C18H25N3OS3. The van der Waals surface area contributed by atoms with E-state index in [2.05, 4.69) is 53.6 Å². The number of nitrogens with zero attached hydrogens (tertiary/aromatic N) is 2. The van der Waals surface area contributed by atoms with Gasteiger partial charge in [-0.2, -0.15) is 0 Å². The van der Waals surface area contributed by atoms with Crippen molar-refractivity contribution >= 4 is 40.8 Å². The number of thioether (sulfide) groups is 2. The smallest absolute Gasteiger partial charge is 0.233 e. The van der Waals surface area contributed by atoms with Crippen LogP contribution in [-0.2, 0) is 10.5 Å². The van der Waals surface area contributed by atoms with Gasteiger partial charge in [-0.15, -0.1) is 10.2 Å². The second kappa shape index (κ2) is 9.59. The van der Waals surface area contributed by atoms with Crippen LogP contribution in [0.2, 0.25) is 0 Å². The summed E-state index contributed by atoms with van der Waals surface area (Å²) in [5.74, 6) is 1.47. The predicted octanol–water partition coefficient (Wildman–Crippen LogP) is 4.96. The fourth-order valence-corrected chi connectivity index (χ4v) is 5.18. The van der Waals surface area contributed by atoms with Crippen LogP contribution in [-0.4, -0.2) is 27.4 Å². The molecule has 0 bridgehead atoms. The number of carbonyl (C=O) groups excluding carboxylic acids is 1. The molecule has 1 heterocycles. The third-order valence-corrected chi connectivity index (χ3v) is 6.79. The van der Waals surface area contributed by atoms with Crippen molar-refractivity contribution in [1.29, 1.82) is 0 Å². The zero-order valence-corrected chi connectivity index (χ0v) is 17.7. The molecule has 25 heavy (non-hydrogen) atoms. The molecule has 0 aliphatic rings. The first kappa shape index (κ1) is 20.3. The van der Waals surface area contributed by atoms with E-state index in [9.17, 15) is 4.79 Å². The Morgan fingerprint density at radius 3 is 2.32 bits per heavy atom. The van der Waals surface area contributed by atoms with Crippen LogP contribution < -0.4 is 5.32 Å². The van der Waals surface area contributed by atoms with Crippen molar-refractivity contribution in [3.63, 3.8) is 0 Å². The summed E-state index contributed by atoms with van der Waals surface area (Å²) in [6.45, 7) is 10.2. The topological polar surface area (TPSA) is 54.9 Å². The molecule has 1 amide bonds. The lowest BCUT2D eigenvalue weighted by Gasteiger charge is -2.12. The van der Waals surface area contributed by atoms with Crippen molar-refractivity contribution in [2.45, 2.75) is 66.3 Å². The molecule has 0 saturated heterocycles. The number of rotatable bonds is 8. The molecule has 2 aromatic rings. The zero-order valence-electron chi connectivity index (χ0n) is 15.3. The lowest BCUT2D eigenvalue weighted by molar-refractivity contribution is -0.120. The van der Waals surface area contributed by atoms with Gasteiger partial charge in [-0.05, 0) is 37.8 Å². The highest BCUT2D eigenvalue weighted by Crippen LogP contribution is 2.32. The summed E-state index contributed by atoms with van der Waals surface area (Å²) >= 11 is 4.70. The van der Waals surface area contributed by atoms with Gasteiger partial charge in [0.15, 0.2) is 8.68 Å². The predicted molar refractivity (Wildman–Crippen MR) is 109 cm³/mol. The minimum absolute atomic E-state index is 0.0367. The lowest BCUT2D eigenvalue weighted by Crippen LogP contribution is -2.35. The van der Waals surface area contributed by atoms with Crippen molar-refractivity contribution < 1.29 is 4.79 Å². The van der Waals surface area contributed by atoms with E-state index >= 15 is 0 Å². The van der Waals surface area contributed by atoms with Crippen molar-refractivity contribution in [2.75, 3.05) is 0 Å². The second-order valence-corrected chi connectivity index (χ2v) is 10.2. The monoisotopic (exact) mass is 395 g/mol. The molecule has 1 N–H and O–H groups in total. The Bertz CT molecular complexity index is 683. The Labute approximate surface area is 162 Å². The molecule has 0 spiro atoms. The third kappa shape index (κ3) is 6.64. The minimum atomic E-state index is -0.170. The first-order valence-electron chi connectivity index (χ1n) is 8.37. The average molecular weight is 396 g/mol. The number of carbonyl (C=O) groups is 1. The summed E-state index contributed by atoms with van der Waals surface area (Å²) in [7, 11) is 0. The molecule has 0 fully saturated rings. The molecule has 1 aromatic heterocycles. The highest BCUT2D eigenvalue weighted by atomic mass is 32.2. The third-order valence-electron chi connectivity index (χ3n) is 3.47. The standard InChI is InChI=1S/C18H25N3OS3/c1-11(2)15-8-6-14(7-9-15)10-23-17-20-21-18(25-17)24-13(5)16(22)19-12(3)4/h6-9,11-13H,10H2,1-5H3,(H,19,22). The Kier molecular flexibility index (Phi) is 7.78. The van der Waals surface area contributed by atoms with Crippen LogP contribution in [0.1, 0.15) is 51.7 Å². The van der Waals surface area contributed by atoms with Gasteiger partial charge in [0, 0.05) is 11.8 Å². The Balaban J connectivity index is 1.85. The number of benzene rings is 1. The summed E-state index contributed by atoms with van der Waals surface area (Å²) in [4.78, 5) is 12.0. The quantitative estimate of drug-likeness (QED) is 0.640. The SMILES string of the molecule is CC(C)NC(=O)C(C)Sc1nnc(SCc2ccc(C(C)C)cc2)s1. The van der Waals surface area contributed by atoms with Gasteiger partial charge in [-0.1, -0.05) is 73.0 Å². The van der Waals surface area contributed by atoms with E-state index in [4.69, 9.17) is 0 Å². The van der Waals surface area contributed by atoms with Crippen LogP contribution in [0.25, 0.3) is 0 Å². The second-order valence-electron chi connectivity index (χ2n) is 6.44. The van der Waals surface area contributed by atoms with E-state index < -0.39 is 0 Å². The van der Waals surface area contributed by atoms with Gasteiger partial charge in [-0.3, -0.25) is 4.79 Å². The van der Waals surface area contributed by atoms with Crippen molar-refractivity contribution in [3.05, 3.63) is 35.4 Å². The van der Waals surface area contributed by atoms with Crippen molar-refractivity contribution in [1.82, 2.24) is 15.5 Å². The van der Waals surface area contributed by atoms with Gasteiger partial charge in [0.2, 0.25) is 5.91 Å². The number of hydrogen-bond acceptors (Lipinski definition) is 6. The van der Waals surface area contributed by atoms with E-state index in [1.165, 1.54) is 22.9 Å². The van der Waals surface area contributed by atoms with Crippen LogP contribution in [0.4, 0.5) is 0 Å². The van der Waals surface area contributed by atoms with E-state index in [1.54, 1.807) is 23.1 Å². The molecule has 1 unspecified atom stereocenters. The zero-order chi connectivity index (χ0) is 18.4. The van der Waals surface area contributed by atoms with Gasteiger partial charge >= 0.3 is 0 Å². The molecule has 0 aliphatic heterocycles. The van der Waals surface area contributed by atoms with Crippen LogP contribution in [0.5, 0.6) is 0 Å². The number of aromatic nitrogens is 2. The van der Waals surface area contributed by atoms with Crippen LogP contribution in [0.15, 0.2) is 32.9 Å². The Morgan fingerprint density at radius 2 is 1.72 bits per heavy atom. The molecule has 0 radical (unpaired) electrons. The van der Waals surface area contributed by atoms with Gasteiger partial charge in [0.1, 0.15) is 0 Å². The normalized spacial score (nSPS) is 12.6. The molecule has 136 valence electrons. The summed E-state index contributed by atoms with van der Waals surface area (Å²) < 4.78 is 1.77.